The van der Waals surface area contributed by atoms with Gasteiger partial charge in [-0.15, -0.1) is 0 Å². The number of rotatable bonds is 4. The average Bonchev–Trinajstić information content (AvgIpc) is 2.41. The van der Waals surface area contributed by atoms with Crippen LogP contribution in [0.5, 0.6) is 0 Å². The Morgan fingerprint density at radius 2 is 1.71 bits per heavy atom. The number of carbonyl (C=O) groups excluding carboxylic acids is 1. The summed E-state index contributed by atoms with van der Waals surface area (Å²) in [5.41, 5.74) is 0.568. The topological polar surface area (TPSA) is 17.1 Å². The highest BCUT2D eigenvalue weighted by Crippen LogP contribution is 2.29. The van der Waals surface area contributed by atoms with Gasteiger partial charge >= 0.3 is 6.18 Å². The lowest BCUT2D eigenvalue weighted by Crippen LogP contribution is -2.10. The van der Waals surface area contributed by atoms with Crippen molar-refractivity contribution in [3.8, 4) is 0 Å². The van der Waals surface area contributed by atoms with E-state index in [1.807, 2.05) is 24.3 Å². The van der Waals surface area contributed by atoms with Gasteiger partial charge in [-0.2, -0.15) is 13.2 Å². The van der Waals surface area contributed by atoms with Crippen molar-refractivity contribution in [1.29, 1.82) is 0 Å². The van der Waals surface area contributed by atoms with Crippen LogP contribution in [0.15, 0.2) is 48.5 Å². The molecular weight excluding hydrogens is 392 g/mol. The van der Waals surface area contributed by atoms with E-state index in [0.29, 0.717) is 5.56 Å². The Morgan fingerprint density at radius 1 is 1.00 bits per heavy atom. The standard InChI is InChI=1S/C16H12F3IO/c17-16(18,19)13-6-3-4-11(8-13)9-14(21)10-12-5-1-2-7-15(12)20/h1-8H,9-10H2. The van der Waals surface area contributed by atoms with Crippen molar-refractivity contribution in [2.24, 2.45) is 0 Å². The molecule has 0 atom stereocenters. The molecule has 0 aliphatic heterocycles. The molecular formula is C16H12F3IO. The third-order valence-electron chi connectivity index (χ3n) is 3.00. The summed E-state index contributed by atoms with van der Waals surface area (Å²) in [6.45, 7) is 0. The maximum atomic E-state index is 12.6. The molecule has 1 nitrogen and oxygen atoms in total. The van der Waals surface area contributed by atoms with E-state index in [1.165, 1.54) is 6.07 Å². The van der Waals surface area contributed by atoms with Gasteiger partial charge in [0.2, 0.25) is 0 Å². The average molecular weight is 404 g/mol. The molecule has 0 saturated heterocycles. The highest BCUT2D eigenvalue weighted by atomic mass is 127. The Morgan fingerprint density at radius 3 is 2.38 bits per heavy atom. The van der Waals surface area contributed by atoms with E-state index in [4.69, 9.17) is 0 Å². The van der Waals surface area contributed by atoms with E-state index in [0.717, 1.165) is 21.3 Å². The van der Waals surface area contributed by atoms with Crippen LogP contribution in [0.2, 0.25) is 0 Å². The zero-order valence-electron chi connectivity index (χ0n) is 11.0. The third-order valence-corrected chi connectivity index (χ3v) is 4.05. The molecule has 0 aromatic heterocycles. The first kappa shape index (κ1) is 16.0. The van der Waals surface area contributed by atoms with E-state index in [2.05, 4.69) is 22.6 Å². The van der Waals surface area contributed by atoms with Crippen LogP contribution in [0, 0.1) is 3.57 Å². The molecule has 110 valence electrons. The minimum absolute atomic E-state index is 0.00882. The molecule has 0 spiro atoms. The van der Waals surface area contributed by atoms with Crippen LogP contribution < -0.4 is 0 Å². The maximum Gasteiger partial charge on any atom is 0.416 e. The number of carbonyl (C=O) groups is 1. The summed E-state index contributed by atoms with van der Waals surface area (Å²) in [5.74, 6) is -0.0987. The van der Waals surface area contributed by atoms with Crippen molar-refractivity contribution >= 4 is 28.4 Å². The molecule has 21 heavy (non-hydrogen) atoms. The summed E-state index contributed by atoms with van der Waals surface area (Å²) in [6.07, 6.45) is -4.14. The third kappa shape index (κ3) is 4.56. The van der Waals surface area contributed by atoms with Crippen molar-refractivity contribution in [2.45, 2.75) is 19.0 Å². The van der Waals surface area contributed by atoms with E-state index in [1.54, 1.807) is 6.07 Å². The predicted molar refractivity (Wildman–Crippen MR) is 83.0 cm³/mol. The van der Waals surface area contributed by atoms with Crippen molar-refractivity contribution in [1.82, 2.24) is 0 Å². The predicted octanol–water partition coefficient (Wildman–Crippen LogP) is 4.66. The Hall–Kier alpha value is -1.37. The number of hydrogen-bond acceptors (Lipinski definition) is 1. The number of benzene rings is 2. The summed E-state index contributed by atoms with van der Waals surface area (Å²) in [7, 11) is 0. The highest BCUT2D eigenvalue weighted by molar-refractivity contribution is 14.1. The molecule has 0 N–H and O–H groups in total. The molecule has 2 aromatic rings. The summed E-state index contributed by atoms with van der Waals surface area (Å²) in [5, 5.41) is 0. The van der Waals surface area contributed by atoms with Crippen LogP contribution in [-0.2, 0) is 23.8 Å². The Balaban J connectivity index is 2.08. The largest absolute Gasteiger partial charge is 0.416 e. The van der Waals surface area contributed by atoms with Crippen molar-refractivity contribution in [3.05, 3.63) is 68.8 Å². The molecule has 0 aliphatic rings. The second kappa shape index (κ2) is 6.60. The first-order valence-electron chi connectivity index (χ1n) is 6.27. The smallest absolute Gasteiger partial charge is 0.299 e. The molecule has 0 saturated carbocycles. The summed E-state index contributed by atoms with van der Waals surface area (Å²) in [6, 6.07) is 12.4. The first-order chi connectivity index (χ1) is 9.86. The van der Waals surface area contributed by atoms with Gasteiger partial charge in [0.1, 0.15) is 5.78 Å². The van der Waals surface area contributed by atoms with Crippen molar-refractivity contribution in [2.75, 3.05) is 0 Å². The molecule has 0 radical (unpaired) electrons. The first-order valence-corrected chi connectivity index (χ1v) is 7.35. The quantitative estimate of drug-likeness (QED) is 0.678. The fraction of sp³-hybridized carbons (Fsp3) is 0.188. The maximum absolute atomic E-state index is 12.6. The fourth-order valence-corrected chi connectivity index (χ4v) is 2.58. The number of hydrogen-bond donors (Lipinski definition) is 0. The fourth-order valence-electron chi connectivity index (χ4n) is 2.00. The Bertz CT molecular complexity index is 650. The zero-order valence-corrected chi connectivity index (χ0v) is 13.1. The molecule has 0 bridgehead atoms. The van der Waals surface area contributed by atoms with Crippen molar-refractivity contribution in [3.63, 3.8) is 0 Å². The molecule has 5 heteroatoms. The second-order valence-corrected chi connectivity index (χ2v) is 5.84. The second-order valence-electron chi connectivity index (χ2n) is 4.68. The molecule has 0 unspecified atom stereocenters. The summed E-state index contributed by atoms with van der Waals surface area (Å²) < 4.78 is 38.8. The summed E-state index contributed by atoms with van der Waals surface area (Å²) >= 11 is 2.14. The van der Waals surface area contributed by atoms with Gasteiger partial charge in [-0.3, -0.25) is 4.79 Å². The van der Waals surface area contributed by atoms with Gasteiger partial charge in [0, 0.05) is 16.4 Å². The minimum Gasteiger partial charge on any atom is -0.299 e. The SMILES string of the molecule is O=C(Cc1cccc(C(F)(F)F)c1)Cc1ccccc1I. The Kier molecular flexibility index (Phi) is 5.03. The molecule has 0 aliphatic carbocycles. The summed E-state index contributed by atoms with van der Waals surface area (Å²) in [4.78, 5) is 12.0. The van der Waals surface area contributed by atoms with Gasteiger partial charge in [0.25, 0.3) is 0 Å². The number of alkyl halides is 3. The lowest BCUT2D eigenvalue weighted by molar-refractivity contribution is -0.137. The van der Waals surface area contributed by atoms with Gasteiger partial charge in [-0.1, -0.05) is 36.4 Å². The lowest BCUT2D eigenvalue weighted by Gasteiger charge is -2.09. The van der Waals surface area contributed by atoms with Gasteiger partial charge in [0.15, 0.2) is 0 Å². The van der Waals surface area contributed by atoms with E-state index in [9.17, 15) is 18.0 Å². The molecule has 2 aromatic carbocycles. The zero-order chi connectivity index (χ0) is 15.5. The Labute approximate surface area is 134 Å². The van der Waals surface area contributed by atoms with Gasteiger partial charge < -0.3 is 0 Å². The highest BCUT2D eigenvalue weighted by Gasteiger charge is 2.30. The lowest BCUT2D eigenvalue weighted by atomic mass is 10.0. The van der Waals surface area contributed by atoms with Crippen LogP contribution >= 0.6 is 22.6 Å². The van der Waals surface area contributed by atoms with Crippen LogP contribution in [-0.4, -0.2) is 5.78 Å². The number of halogens is 4. The van der Waals surface area contributed by atoms with Gasteiger partial charge in [0.05, 0.1) is 5.56 Å². The molecule has 0 amide bonds. The van der Waals surface area contributed by atoms with Crippen molar-refractivity contribution < 1.29 is 18.0 Å². The monoisotopic (exact) mass is 404 g/mol. The van der Waals surface area contributed by atoms with E-state index >= 15 is 0 Å². The van der Waals surface area contributed by atoms with Crippen LogP contribution in [0.25, 0.3) is 0 Å². The minimum atomic E-state index is -4.38. The van der Waals surface area contributed by atoms with E-state index in [-0.39, 0.29) is 18.6 Å². The van der Waals surface area contributed by atoms with Gasteiger partial charge in [-0.25, -0.2) is 0 Å². The van der Waals surface area contributed by atoms with Crippen LogP contribution in [0.3, 0.4) is 0 Å². The van der Waals surface area contributed by atoms with Gasteiger partial charge in [-0.05, 0) is 45.9 Å². The normalized spacial score (nSPS) is 11.4. The van der Waals surface area contributed by atoms with Crippen LogP contribution in [0.4, 0.5) is 13.2 Å². The van der Waals surface area contributed by atoms with E-state index < -0.39 is 11.7 Å². The number of ketones is 1. The number of Topliss-reactive ketones (excluding diaryl/α,β-unsaturated/α-hetero) is 1. The molecule has 0 fully saturated rings. The molecule has 2 rings (SSSR count). The van der Waals surface area contributed by atoms with Crippen LogP contribution in [0.1, 0.15) is 16.7 Å². The molecule has 0 heterocycles.